The highest BCUT2D eigenvalue weighted by molar-refractivity contribution is 14.0. The maximum absolute atomic E-state index is 12.3. The SMILES string of the molecule is CCNC(=NCCNC(=O)c1ccccc1Cl)N1CCN(c2cccc(OC)c2)CC1.I. The standard InChI is InChI=1S/C23H30ClN5O2.HI/c1-3-25-23(27-12-11-26-22(30)20-9-4-5-10-21(20)24)29-15-13-28(14-16-29)18-7-6-8-19(17-18)31-2;/h4-10,17H,3,11-16H2,1-2H3,(H,25,27)(H,26,30);1H. The van der Waals surface area contributed by atoms with Crippen molar-refractivity contribution in [3.63, 3.8) is 0 Å². The molecule has 2 N–H and O–H groups in total. The lowest BCUT2D eigenvalue weighted by Crippen LogP contribution is -2.52. The van der Waals surface area contributed by atoms with Crippen LogP contribution >= 0.6 is 35.6 Å². The lowest BCUT2D eigenvalue weighted by molar-refractivity contribution is 0.0955. The molecule has 1 amide bonds. The number of guanidine groups is 1. The summed E-state index contributed by atoms with van der Waals surface area (Å²) >= 11 is 6.08. The fourth-order valence-electron chi connectivity index (χ4n) is 3.48. The van der Waals surface area contributed by atoms with Crippen molar-refractivity contribution in [3.05, 3.63) is 59.1 Å². The Labute approximate surface area is 212 Å². The number of ether oxygens (including phenoxy) is 1. The van der Waals surface area contributed by atoms with Crippen molar-refractivity contribution in [2.75, 3.05) is 57.8 Å². The fraction of sp³-hybridized carbons (Fsp3) is 0.391. The maximum Gasteiger partial charge on any atom is 0.252 e. The lowest BCUT2D eigenvalue weighted by atomic mass is 10.2. The van der Waals surface area contributed by atoms with Crippen LogP contribution in [0.1, 0.15) is 17.3 Å². The Morgan fingerprint density at radius 1 is 1.09 bits per heavy atom. The minimum Gasteiger partial charge on any atom is -0.497 e. The largest absolute Gasteiger partial charge is 0.497 e. The van der Waals surface area contributed by atoms with E-state index in [0.29, 0.717) is 23.7 Å². The molecule has 0 bridgehead atoms. The number of nitrogens with one attached hydrogen (secondary N) is 2. The molecule has 1 fully saturated rings. The lowest BCUT2D eigenvalue weighted by Gasteiger charge is -2.37. The van der Waals surface area contributed by atoms with Crippen LogP contribution in [0.15, 0.2) is 53.5 Å². The molecule has 0 spiro atoms. The smallest absolute Gasteiger partial charge is 0.252 e. The molecule has 0 saturated carbocycles. The van der Waals surface area contributed by atoms with Crippen molar-refractivity contribution < 1.29 is 9.53 Å². The van der Waals surface area contributed by atoms with Crippen LogP contribution in [0.25, 0.3) is 0 Å². The third kappa shape index (κ3) is 7.16. The van der Waals surface area contributed by atoms with Crippen LogP contribution in [0, 0.1) is 0 Å². The zero-order chi connectivity index (χ0) is 22.1. The van der Waals surface area contributed by atoms with E-state index in [9.17, 15) is 4.79 Å². The molecule has 1 aliphatic heterocycles. The van der Waals surface area contributed by atoms with Gasteiger partial charge in [0, 0.05) is 51.0 Å². The number of carbonyl (C=O) groups excluding carboxylic acids is 1. The average Bonchev–Trinajstić information content (AvgIpc) is 2.81. The van der Waals surface area contributed by atoms with E-state index in [1.165, 1.54) is 5.69 Å². The fourth-order valence-corrected chi connectivity index (χ4v) is 3.70. The summed E-state index contributed by atoms with van der Waals surface area (Å²) in [6.45, 7) is 7.34. The van der Waals surface area contributed by atoms with Crippen molar-refractivity contribution in [2.45, 2.75) is 6.92 Å². The summed E-state index contributed by atoms with van der Waals surface area (Å²) in [6.07, 6.45) is 0. The van der Waals surface area contributed by atoms with Gasteiger partial charge in [0.1, 0.15) is 5.75 Å². The molecule has 2 aromatic rings. The number of hydrogen-bond acceptors (Lipinski definition) is 4. The van der Waals surface area contributed by atoms with Gasteiger partial charge in [0.2, 0.25) is 0 Å². The number of aliphatic imine (C=N–C) groups is 1. The molecule has 32 heavy (non-hydrogen) atoms. The zero-order valence-electron chi connectivity index (χ0n) is 18.5. The monoisotopic (exact) mass is 571 g/mol. The third-order valence-corrected chi connectivity index (χ3v) is 5.44. The second-order valence-electron chi connectivity index (χ2n) is 7.15. The van der Waals surface area contributed by atoms with Crippen LogP contribution in [-0.4, -0.2) is 69.7 Å². The molecule has 2 aromatic carbocycles. The normalized spacial score (nSPS) is 13.9. The summed E-state index contributed by atoms with van der Waals surface area (Å²) in [4.78, 5) is 21.6. The number of piperazine rings is 1. The molecule has 0 atom stereocenters. The quantitative estimate of drug-likeness (QED) is 0.231. The molecule has 174 valence electrons. The molecule has 1 aliphatic rings. The number of carbonyl (C=O) groups is 1. The predicted molar refractivity (Wildman–Crippen MR) is 142 cm³/mol. The van der Waals surface area contributed by atoms with E-state index < -0.39 is 0 Å². The Morgan fingerprint density at radius 3 is 2.53 bits per heavy atom. The van der Waals surface area contributed by atoms with E-state index in [-0.39, 0.29) is 29.9 Å². The predicted octanol–water partition coefficient (Wildman–Crippen LogP) is 3.48. The number of benzene rings is 2. The van der Waals surface area contributed by atoms with Gasteiger partial charge in [0.05, 0.1) is 24.2 Å². The van der Waals surface area contributed by atoms with Crippen LogP contribution in [0.2, 0.25) is 5.02 Å². The van der Waals surface area contributed by atoms with Crippen molar-refractivity contribution in [3.8, 4) is 5.75 Å². The Hall–Kier alpha value is -2.20. The van der Waals surface area contributed by atoms with Gasteiger partial charge in [-0.2, -0.15) is 0 Å². The summed E-state index contributed by atoms with van der Waals surface area (Å²) in [5, 5.41) is 6.69. The first-order valence-electron chi connectivity index (χ1n) is 10.6. The molecule has 0 aliphatic carbocycles. The number of rotatable bonds is 7. The highest BCUT2D eigenvalue weighted by Crippen LogP contribution is 2.22. The summed E-state index contributed by atoms with van der Waals surface area (Å²) in [5.41, 5.74) is 1.65. The minimum absolute atomic E-state index is 0. The Balaban J connectivity index is 0.00000363. The van der Waals surface area contributed by atoms with Gasteiger partial charge in [0.15, 0.2) is 5.96 Å². The zero-order valence-corrected chi connectivity index (χ0v) is 21.6. The number of amides is 1. The van der Waals surface area contributed by atoms with Gasteiger partial charge in [-0.15, -0.1) is 24.0 Å². The summed E-state index contributed by atoms with van der Waals surface area (Å²) in [6, 6.07) is 15.2. The summed E-state index contributed by atoms with van der Waals surface area (Å²) in [5.74, 6) is 1.56. The van der Waals surface area contributed by atoms with Gasteiger partial charge in [0.25, 0.3) is 5.91 Å². The van der Waals surface area contributed by atoms with Crippen LogP contribution < -0.4 is 20.3 Å². The van der Waals surface area contributed by atoms with Crippen LogP contribution in [0.4, 0.5) is 5.69 Å². The Bertz CT molecular complexity index is 903. The van der Waals surface area contributed by atoms with Crippen LogP contribution in [0.5, 0.6) is 5.75 Å². The van der Waals surface area contributed by atoms with Crippen molar-refractivity contribution in [2.24, 2.45) is 4.99 Å². The highest BCUT2D eigenvalue weighted by Gasteiger charge is 2.20. The molecular formula is C23H31ClIN5O2. The Kier molecular flexibility index (Phi) is 10.9. The minimum atomic E-state index is -0.183. The number of nitrogens with zero attached hydrogens (tertiary/aromatic N) is 3. The number of hydrogen-bond donors (Lipinski definition) is 2. The summed E-state index contributed by atoms with van der Waals surface area (Å²) < 4.78 is 5.34. The van der Waals surface area contributed by atoms with Crippen molar-refractivity contribution in [1.82, 2.24) is 15.5 Å². The van der Waals surface area contributed by atoms with Gasteiger partial charge in [-0.25, -0.2) is 0 Å². The first-order valence-corrected chi connectivity index (χ1v) is 10.9. The highest BCUT2D eigenvalue weighted by atomic mass is 127. The molecule has 3 rings (SSSR count). The average molecular weight is 572 g/mol. The van der Waals surface area contributed by atoms with Gasteiger partial charge in [-0.05, 0) is 31.2 Å². The first kappa shape index (κ1) is 26.1. The van der Waals surface area contributed by atoms with Gasteiger partial charge < -0.3 is 25.2 Å². The van der Waals surface area contributed by atoms with E-state index in [4.69, 9.17) is 21.3 Å². The molecule has 0 radical (unpaired) electrons. The van der Waals surface area contributed by atoms with Crippen LogP contribution in [-0.2, 0) is 0 Å². The first-order chi connectivity index (χ1) is 15.1. The van der Waals surface area contributed by atoms with Crippen molar-refractivity contribution in [1.29, 1.82) is 0 Å². The van der Waals surface area contributed by atoms with E-state index in [0.717, 1.165) is 44.4 Å². The molecule has 7 nitrogen and oxygen atoms in total. The molecule has 0 unspecified atom stereocenters. The van der Waals surface area contributed by atoms with Gasteiger partial charge in [-0.1, -0.05) is 29.8 Å². The second-order valence-corrected chi connectivity index (χ2v) is 7.55. The van der Waals surface area contributed by atoms with Gasteiger partial charge in [-0.3, -0.25) is 9.79 Å². The summed E-state index contributed by atoms with van der Waals surface area (Å²) in [7, 11) is 1.69. The van der Waals surface area contributed by atoms with Gasteiger partial charge >= 0.3 is 0 Å². The molecule has 9 heteroatoms. The molecular weight excluding hydrogens is 541 g/mol. The van der Waals surface area contributed by atoms with E-state index in [2.05, 4.69) is 39.5 Å². The molecule has 1 heterocycles. The third-order valence-electron chi connectivity index (χ3n) is 5.11. The van der Waals surface area contributed by atoms with E-state index >= 15 is 0 Å². The molecule has 1 saturated heterocycles. The van der Waals surface area contributed by atoms with Crippen molar-refractivity contribution >= 4 is 53.1 Å². The molecule has 0 aromatic heterocycles. The topological polar surface area (TPSA) is 69.2 Å². The van der Waals surface area contributed by atoms with E-state index in [1.54, 1.807) is 31.4 Å². The number of anilines is 1. The van der Waals surface area contributed by atoms with Crippen LogP contribution in [0.3, 0.4) is 0 Å². The Morgan fingerprint density at radius 2 is 1.84 bits per heavy atom. The maximum atomic E-state index is 12.3. The number of halogens is 2. The van der Waals surface area contributed by atoms with E-state index in [1.807, 2.05) is 12.1 Å². The second kappa shape index (κ2) is 13.4. The number of methoxy groups -OCH3 is 1.